The standard InChI is InChI=1S/C21H26N2O2S/c1-3-5-6-7-10-16(4-2)23(20-13-14-22-26-20)15-18(21(24)25)17-11-8-9-12-19(17)23/h8-9,11-16H,3-7,10H2,1-2H3/p+1. The quantitative estimate of drug-likeness (QED) is 0.436. The molecular formula is C21H27N2O2S+. The number of carboxylic acids is 1. The van der Waals surface area contributed by atoms with Crippen LogP contribution in [0, 0.1) is 0 Å². The summed E-state index contributed by atoms with van der Waals surface area (Å²) in [7, 11) is 0. The van der Waals surface area contributed by atoms with Crippen LogP contribution in [0.1, 0.15) is 57.9 Å². The lowest BCUT2D eigenvalue weighted by molar-refractivity contribution is -0.130. The lowest BCUT2D eigenvalue weighted by atomic mass is 10.0. The second-order valence-corrected chi connectivity index (χ2v) is 7.72. The summed E-state index contributed by atoms with van der Waals surface area (Å²) in [6, 6.07) is 10.3. The van der Waals surface area contributed by atoms with Crippen molar-refractivity contribution in [2.24, 2.45) is 0 Å². The van der Waals surface area contributed by atoms with Crippen molar-refractivity contribution in [3.63, 3.8) is 0 Å². The highest BCUT2D eigenvalue weighted by Gasteiger charge is 2.48. The lowest BCUT2D eigenvalue weighted by Crippen LogP contribution is -2.46. The van der Waals surface area contributed by atoms with Crippen molar-refractivity contribution in [1.82, 2.24) is 8.86 Å². The highest BCUT2D eigenvalue weighted by atomic mass is 32.1. The van der Waals surface area contributed by atoms with Gasteiger partial charge >= 0.3 is 5.97 Å². The molecule has 5 heteroatoms. The molecule has 0 spiro atoms. The van der Waals surface area contributed by atoms with Gasteiger partial charge in [-0.2, -0.15) is 4.37 Å². The molecule has 1 aromatic carbocycles. The maximum absolute atomic E-state index is 11.9. The minimum Gasteiger partial charge on any atom is -0.477 e. The number of carboxylic acid groups (broad SMARTS) is 1. The number of nitrogens with zero attached hydrogens (tertiary/aromatic N) is 2. The molecule has 26 heavy (non-hydrogen) atoms. The molecule has 0 fully saturated rings. The predicted octanol–water partition coefficient (Wildman–Crippen LogP) is 5.97. The summed E-state index contributed by atoms with van der Waals surface area (Å²) in [6.45, 7) is 4.43. The van der Waals surface area contributed by atoms with E-state index in [1.54, 1.807) is 0 Å². The fourth-order valence-corrected chi connectivity index (χ4v) is 4.89. The molecule has 1 N–H and O–H groups in total. The average Bonchev–Trinajstić information content (AvgIpc) is 3.29. The Kier molecular flexibility index (Phi) is 5.89. The Morgan fingerprint density at radius 2 is 2.00 bits per heavy atom. The van der Waals surface area contributed by atoms with Crippen molar-refractivity contribution < 1.29 is 9.90 Å². The minimum absolute atomic E-state index is 0.310. The molecule has 1 aliphatic rings. The number of carbonyl (C=O) groups is 1. The largest absolute Gasteiger partial charge is 0.477 e. The Morgan fingerprint density at radius 1 is 1.19 bits per heavy atom. The fourth-order valence-electron chi connectivity index (χ4n) is 4.10. The number of unbranched alkanes of at least 4 members (excludes halogenated alkanes) is 3. The maximum atomic E-state index is 11.9. The van der Waals surface area contributed by atoms with Gasteiger partial charge in [-0.05, 0) is 18.9 Å². The fraction of sp³-hybridized carbons (Fsp3) is 0.429. The van der Waals surface area contributed by atoms with E-state index in [-0.39, 0.29) is 0 Å². The van der Waals surface area contributed by atoms with Gasteiger partial charge < -0.3 is 5.11 Å². The van der Waals surface area contributed by atoms with Crippen molar-refractivity contribution >= 4 is 33.8 Å². The molecule has 0 aliphatic carbocycles. The molecule has 0 amide bonds. The van der Waals surface area contributed by atoms with E-state index in [1.165, 1.54) is 37.2 Å². The normalized spacial score (nSPS) is 19.8. The van der Waals surface area contributed by atoms with Gasteiger partial charge in [-0.3, -0.25) is 0 Å². The van der Waals surface area contributed by atoms with Gasteiger partial charge in [0, 0.05) is 36.3 Å². The van der Waals surface area contributed by atoms with Crippen LogP contribution in [0.25, 0.3) is 5.57 Å². The van der Waals surface area contributed by atoms with Gasteiger partial charge in [0.15, 0.2) is 5.69 Å². The van der Waals surface area contributed by atoms with Gasteiger partial charge in [-0.1, -0.05) is 45.2 Å². The van der Waals surface area contributed by atoms with Crippen LogP contribution in [0.4, 0.5) is 10.7 Å². The first-order valence-electron chi connectivity index (χ1n) is 9.50. The number of hydrogen-bond acceptors (Lipinski definition) is 3. The number of fused-ring (bicyclic) bond motifs is 1. The Labute approximate surface area is 159 Å². The molecule has 0 saturated carbocycles. The molecule has 2 heterocycles. The van der Waals surface area contributed by atoms with Crippen LogP contribution in [0.3, 0.4) is 0 Å². The van der Waals surface area contributed by atoms with Crippen molar-refractivity contribution in [1.29, 1.82) is 0 Å². The van der Waals surface area contributed by atoms with Crippen LogP contribution in [0.2, 0.25) is 0 Å². The van der Waals surface area contributed by atoms with Gasteiger partial charge in [0.25, 0.3) is 0 Å². The lowest BCUT2D eigenvalue weighted by Gasteiger charge is -2.37. The SMILES string of the molecule is CCCCCCC(CC)[N+]1(c2ccns2)C=C(C(=O)O)c2ccccc21. The average molecular weight is 372 g/mol. The highest BCUT2D eigenvalue weighted by Crippen LogP contribution is 2.51. The summed E-state index contributed by atoms with van der Waals surface area (Å²) in [5, 5.41) is 10.9. The van der Waals surface area contributed by atoms with E-state index in [9.17, 15) is 9.90 Å². The van der Waals surface area contributed by atoms with E-state index in [2.05, 4.69) is 24.3 Å². The van der Waals surface area contributed by atoms with Crippen molar-refractivity contribution in [3.05, 3.63) is 48.3 Å². The monoisotopic (exact) mass is 371 g/mol. The summed E-state index contributed by atoms with van der Waals surface area (Å²) in [6.07, 6.45) is 10.7. The van der Waals surface area contributed by atoms with E-state index < -0.39 is 5.97 Å². The molecule has 2 aromatic rings. The molecular weight excluding hydrogens is 344 g/mol. The second kappa shape index (κ2) is 8.14. The molecule has 2 unspecified atom stereocenters. The zero-order chi connectivity index (χ0) is 18.6. The molecule has 2 atom stereocenters. The Bertz CT molecular complexity index is 785. The van der Waals surface area contributed by atoms with Gasteiger partial charge in [-0.15, -0.1) is 0 Å². The van der Waals surface area contributed by atoms with Crippen LogP contribution in [-0.4, -0.2) is 21.5 Å². The van der Waals surface area contributed by atoms with Crippen LogP contribution in [-0.2, 0) is 4.79 Å². The third-order valence-corrected chi connectivity index (χ3v) is 6.24. The smallest absolute Gasteiger partial charge is 0.341 e. The topological polar surface area (TPSA) is 50.2 Å². The first-order chi connectivity index (χ1) is 12.6. The number of rotatable bonds is 9. The maximum Gasteiger partial charge on any atom is 0.341 e. The zero-order valence-electron chi connectivity index (χ0n) is 15.5. The van der Waals surface area contributed by atoms with Crippen molar-refractivity contribution in [3.8, 4) is 0 Å². The van der Waals surface area contributed by atoms with Gasteiger partial charge in [0.2, 0.25) is 5.00 Å². The summed E-state index contributed by atoms with van der Waals surface area (Å²) in [5.41, 5.74) is 2.30. The first kappa shape index (κ1) is 18.8. The summed E-state index contributed by atoms with van der Waals surface area (Å²) in [5.74, 6) is -0.859. The Morgan fingerprint density at radius 3 is 2.65 bits per heavy atom. The molecule has 4 nitrogen and oxygen atoms in total. The molecule has 1 aromatic heterocycles. The van der Waals surface area contributed by atoms with Gasteiger partial charge in [0.1, 0.15) is 17.8 Å². The predicted molar refractivity (Wildman–Crippen MR) is 108 cm³/mol. The molecule has 0 radical (unpaired) electrons. The zero-order valence-corrected chi connectivity index (χ0v) is 16.3. The summed E-state index contributed by atoms with van der Waals surface area (Å²) >= 11 is 1.47. The van der Waals surface area contributed by atoms with Crippen LogP contribution >= 0.6 is 11.5 Å². The second-order valence-electron chi connectivity index (χ2n) is 6.90. The van der Waals surface area contributed by atoms with Gasteiger partial charge in [-0.25, -0.2) is 9.28 Å². The van der Waals surface area contributed by atoms with E-state index in [0.717, 1.165) is 29.1 Å². The number of aliphatic carboxylic acids is 1. The number of para-hydroxylation sites is 1. The first-order valence-corrected chi connectivity index (χ1v) is 10.3. The molecule has 1 aliphatic heterocycles. The number of benzene rings is 1. The van der Waals surface area contributed by atoms with E-state index >= 15 is 0 Å². The molecule has 3 rings (SSSR count). The minimum atomic E-state index is -0.859. The van der Waals surface area contributed by atoms with Crippen molar-refractivity contribution in [2.45, 2.75) is 58.4 Å². The summed E-state index contributed by atoms with van der Waals surface area (Å²) in [4.78, 5) is 11.9. The van der Waals surface area contributed by atoms with Crippen molar-refractivity contribution in [2.75, 3.05) is 0 Å². The third kappa shape index (κ3) is 3.21. The molecule has 0 bridgehead atoms. The third-order valence-electron chi connectivity index (χ3n) is 5.38. The van der Waals surface area contributed by atoms with Gasteiger partial charge in [0.05, 0.1) is 5.56 Å². The number of quaternary nitrogens is 1. The van der Waals surface area contributed by atoms with E-state index in [1.807, 2.05) is 36.7 Å². The Hall–Kier alpha value is -1.98. The number of aromatic nitrogens is 1. The van der Waals surface area contributed by atoms with E-state index in [4.69, 9.17) is 0 Å². The number of hydrogen-bond donors (Lipinski definition) is 1. The summed E-state index contributed by atoms with van der Waals surface area (Å²) < 4.78 is 4.82. The Balaban J connectivity index is 2.10. The van der Waals surface area contributed by atoms with Crippen LogP contribution < -0.4 is 4.48 Å². The van der Waals surface area contributed by atoms with Crippen LogP contribution in [0.5, 0.6) is 0 Å². The highest BCUT2D eigenvalue weighted by molar-refractivity contribution is 7.10. The molecule has 0 saturated heterocycles. The van der Waals surface area contributed by atoms with E-state index in [0.29, 0.717) is 16.1 Å². The molecule has 138 valence electrons. The van der Waals surface area contributed by atoms with Crippen LogP contribution in [0.15, 0.2) is 42.7 Å².